The summed E-state index contributed by atoms with van der Waals surface area (Å²) in [6.45, 7) is 2.82. The molecule has 2 aromatic rings. The summed E-state index contributed by atoms with van der Waals surface area (Å²) in [5.74, 6) is -0.128. The van der Waals surface area contributed by atoms with Crippen molar-refractivity contribution in [1.82, 2.24) is 9.88 Å². The number of carbonyl (C=O) groups excluding carboxylic acids is 1. The van der Waals surface area contributed by atoms with Crippen LogP contribution >= 0.6 is 0 Å². The van der Waals surface area contributed by atoms with Gasteiger partial charge in [0.05, 0.1) is 6.10 Å². The summed E-state index contributed by atoms with van der Waals surface area (Å²) < 4.78 is 0. The second kappa shape index (κ2) is 5.33. The van der Waals surface area contributed by atoms with Crippen LogP contribution < -0.4 is 5.43 Å². The Morgan fingerprint density at radius 3 is 2.90 bits per heavy atom. The summed E-state index contributed by atoms with van der Waals surface area (Å²) >= 11 is 0. The standard InChI is InChI=1S/C16H18N2O3/c1-10-6-7-18(9-14(10)19)16(21)12-8-17-13-5-3-2-4-11(13)15(12)20/h2-5,8,10,14,19H,6-7,9H2,1H3,(H,17,20). The Bertz CT molecular complexity index is 738. The highest BCUT2D eigenvalue weighted by Gasteiger charge is 2.29. The van der Waals surface area contributed by atoms with Crippen molar-refractivity contribution in [1.29, 1.82) is 0 Å². The molecule has 1 fully saturated rings. The number of amides is 1. The summed E-state index contributed by atoms with van der Waals surface area (Å²) in [6, 6.07) is 7.12. The van der Waals surface area contributed by atoms with Crippen molar-refractivity contribution in [3.63, 3.8) is 0 Å². The van der Waals surface area contributed by atoms with Gasteiger partial charge in [0.1, 0.15) is 5.56 Å². The van der Waals surface area contributed by atoms with Crippen molar-refractivity contribution >= 4 is 16.8 Å². The van der Waals surface area contributed by atoms with Gasteiger partial charge < -0.3 is 15.0 Å². The van der Waals surface area contributed by atoms with Gasteiger partial charge >= 0.3 is 0 Å². The molecule has 1 aromatic carbocycles. The van der Waals surface area contributed by atoms with E-state index in [2.05, 4.69) is 4.98 Å². The minimum absolute atomic E-state index is 0.135. The number of rotatable bonds is 1. The fourth-order valence-corrected chi connectivity index (χ4v) is 2.73. The highest BCUT2D eigenvalue weighted by atomic mass is 16.3. The normalized spacial score (nSPS) is 22.5. The number of aliphatic hydroxyl groups is 1. The van der Waals surface area contributed by atoms with Crippen molar-refractivity contribution in [2.45, 2.75) is 19.4 Å². The van der Waals surface area contributed by atoms with Crippen molar-refractivity contribution in [3.05, 3.63) is 46.2 Å². The van der Waals surface area contributed by atoms with E-state index in [0.29, 0.717) is 17.4 Å². The SMILES string of the molecule is CC1CCN(C(=O)c2c[nH]c3ccccc3c2=O)CC1O. The molecule has 1 aromatic heterocycles. The Morgan fingerprint density at radius 1 is 1.38 bits per heavy atom. The number of H-pyrrole nitrogens is 1. The quantitative estimate of drug-likeness (QED) is 0.831. The molecule has 0 spiro atoms. The number of hydrogen-bond donors (Lipinski definition) is 2. The van der Waals surface area contributed by atoms with E-state index in [-0.39, 0.29) is 29.4 Å². The fraction of sp³-hybridized carbons (Fsp3) is 0.375. The Hall–Kier alpha value is -2.14. The minimum Gasteiger partial charge on any atom is -0.391 e. The molecule has 2 unspecified atom stereocenters. The predicted octanol–water partition coefficient (Wildman–Crippen LogP) is 1.37. The molecule has 0 bridgehead atoms. The predicted molar refractivity (Wildman–Crippen MR) is 80.3 cm³/mol. The molecule has 110 valence electrons. The van der Waals surface area contributed by atoms with E-state index in [1.807, 2.05) is 13.0 Å². The third-order valence-electron chi connectivity index (χ3n) is 4.22. The number of aromatic amines is 1. The Balaban J connectivity index is 1.95. The highest BCUT2D eigenvalue weighted by molar-refractivity contribution is 5.97. The molecule has 21 heavy (non-hydrogen) atoms. The number of β-amino-alcohol motifs (C(OH)–C–C–N with tert-alkyl or cyclic N) is 1. The summed E-state index contributed by atoms with van der Waals surface area (Å²) in [5.41, 5.74) is 0.587. The number of fused-ring (bicyclic) bond motifs is 1. The number of likely N-dealkylation sites (tertiary alicyclic amines) is 1. The average Bonchev–Trinajstić information content (AvgIpc) is 2.50. The van der Waals surface area contributed by atoms with Gasteiger partial charge in [-0.1, -0.05) is 19.1 Å². The van der Waals surface area contributed by atoms with E-state index >= 15 is 0 Å². The summed E-state index contributed by atoms with van der Waals surface area (Å²) in [4.78, 5) is 29.5. The average molecular weight is 286 g/mol. The monoisotopic (exact) mass is 286 g/mol. The number of piperidine rings is 1. The van der Waals surface area contributed by atoms with Gasteiger partial charge in [0.25, 0.3) is 5.91 Å². The number of aliphatic hydroxyl groups excluding tert-OH is 1. The first kappa shape index (κ1) is 13.8. The van der Waals surface area contributed by atoms with Gasteiger partial charge in [0.2, 0.25) is 5.43 Å². The highest BCUT2D eigenvalue weighted by Crippen LogP contribution is 2.18. The van der Waals surface area contributed by atoms with E-state index in [1.54, 1.807) is 23.1 Å². The number of para-hydroxylation sites is 1. The Morgan fingerprint density at radius 2 is 2.14 bits per heavy atom. The lowest BCUT2D eigenvalue weighted by atomic mass is 9.95. The number of aromatic nitrogens is 1. The maximum atomic E-state index is 12.5. The summed E-state index contributed by atoms with van der Waals surface area (Å²) in [7, 11) is 0. The van der Waals surface area contributed by atoms with Crippen LogP contribution in [0.5, 0.6) is 0 Å². The molecular formula is C16H18N2O3. The van der Waals surface area contributed by atoms with Gasteiger partial charge in [0, 0.05) is 30.2 Å². The number of nitrogens with zero attached hydrogens (tertiary/aromatic N) is 1. The number of nitrogens with one attached hydrogen (secondary N) is 1. The molecule has 2 N–H and O–H groups in total. The topological polar surface area (TPSA) is 73.4 Å². The lowest BCUT2D eigenvalue weighted by Crippen LogP contribution is -2.46. The molecule has 0 aliphatic carbocycles. The van der Waals surface area contributed by atoms with Gasteiger partial charge in [-0.15, -0.1) is 0 Å². The molecule has 1 aliphatic heterocycles. The largest absolute Gasteiger partial charge is 0.391 e. The van der Waals surface area contributed by atoms with Crippen LogP contribution in [0.15, 0.2) is 35.3 Å². The van der Waals surface area contributed by atoms with Crippen LogP contribution in [0.1, 0.15) is 23.7 Å². The lowest BCUT2D eigenvalue weighted by molar-refractivity contribution is 0.0248. The van der Waals surface area contributed by atoms with Crippen LogP contribution in [-0.2, 0) is 0 Å². The van der Waals surface area contributed by atoms with E-state index in [9.17, 15) is 14.7 Å². The summed E-state index contributed by atoms with van der Waals surface area (Å²) in [5, 5.41) is 10.4. The van der Waals surface area contributed by atoms with Crippen LogP contribution in [0.2, 0.25) is 0 Å². The number of hydrogen-bond acceptors (Lipinski definition) is 3. The van der Waals surface area contributed by atoms with E-state index in [1.165, 1.54) is 6.20 Å². The van der Waals surface area contributed by atoms with E-state index in [4.69, 9.17) is 0 Å². The van der Waals surface area contributed by atoms with Crippen molar-refractivity contribution in [2.24, 2.45) is 5.92 Å². The van der Waals surface area contributed by atoms with Crippen LogP contribution in [0.3, 0.4) is 0 Å². The minimum atomic E-state index is -0.526. The zero-order valence-corrected chi connectivity index (χ0v) is 11.9. The van der Waals surface area contributed by atoms with Crippen LogP contribution in [0.25, 0.3) is 10.9 Å². The van der Waals surface area contributed by atoms with Crippen molar-refractivity contribution < 1.29 is 9.90 Å². The third kappa shape index (κ3) is 2.45. The van der Waals surface area contributed by atoms with Gasteiger partial charge in [-0.3, -0.25) is 9.59 Å². The smallest absolute Gasteiger partial charge is 0.259 e. The second-order valence-electron chi connectivity index (χ2n) is 5.66. The zero-order chi connectivity index (χ0) is 15.0. The third-order valence-corrected chi connectivity index (χ3v) is 4.22. The molecule has 0 saturated carbocycles. The number of carbonyl (C=O) groups is 1. The van der Waals surface area contributed by atoms with Crippen molar-refractivity contribution in [2.75, 3.05) is 13.1 Å². The molecule has 5 heteroatoms. The van der Waals surface area contributed by atoms with Crippen LogP contribution in [0, 0.1) is 5.92 Å². The molecular weight excluding hydrogens is 268 g/mol. The number of pyridine rings is 1. The molecule has 2 heterocycles. The molecule has 5 nitrogen and oxygen atoms in total. The first-order valence-electron chi connectivity index (χ1n) is 7.15. The van der Waals surface area contributed by atoms with Gasteiger partial charge in [-0.25, -0.2) is 0 Å². The Labute approximate surface area is 122 Å². The van der Waals surface area contributed by atoms with Crippen LogP contribution in [-0.4, -0.2) is 40.1 Å². The van der Waals surface area contributed by atoms with E-state index < -0.39 is 6.10 Å². The lowest BCUT2D eigenvalue weighted by Gasteiger charge is -2.34. The summed E-state index contributed by atoms with van der Waals surface area (Å²) in [6.07, 6.45) is 1.69. The van der Waals surface area contributed by atoms with Gasteiger partial charge in [-0.05, 0) is 24.5 Å². The van der Waals surface area contributed by atoms with Gasteiger partial charge in [0.15, 0.2) is 0 Å². The van der Waals surface area contributed by atoms with E-state index in [0.717, 1.165) is 6.42 Å². The fourth-order valence-electron chi connectivity index (χ4n) is 2.73. The first-order chi connectivity index (χ1) is 10.1. The molecule has 1 amide bonds. The van der Waals surface area contributed by atoms with Gasteiger partial charge in [-0.2, -0.15) is 0 Å². The second-order valence-corrected chi connectivity index (χ2v) is 5.66. The molecule has 2 atom stereocenters. The zero-order valence-electron chi connectivity index (χ0n) is 11.9. The maximum absolute atomic E-state index is 12.5. The molecule has 1 saturated heterocycles. The van der Waals surface area contributed by atoms with Crippen molar-refractivity contribution in [3.8, 4) is 0 Å². The van der Waals surface area contributed by atoms with Crippen LogP contribution in [0.4, 0.5) is 0 Å². The maximum Gasteiger partial charge on any atom is 0.259 e. The first-order valence-corrected chi connectivity index (χ1v) is 7.15. The number of benzene rings is 1. The molecule has 1 aliphatic rings. The molecule has 0 radical (unpaired) electrons. The Kier molecular flexibility index (Phi) is 3.51. The molecule has 3 rings (SSSR count).